The number of pyridine rings is 1. The van der Waals surface area contributed by atoms with Crippen molar-refractivity contribution in [3.8, 4) is 11.5 Å². The van der Waals surface area contributed by atoms with Crippen molar-refractivity contribution < 1.29 is 23.2 Å². The van der Waals surface area contributed by atoms with Crippen molar-refractivity contribution >= 4 is 27.7 Å². The number of amides is 1. The Labute approximate surface area is 191 Å². The number of benzene rings is 2. The molecule has 0 fully saturated rings. The van der Waals surface area contributed by atoms with Crippen molar-refractivity contribution in [3.63, 3.8) is 0 Å². The molecule has 8 nitrogen and oxygen atoms in total. The van der Waals surface area contributed by atoms with Gasteiger partial charge in [-0.1, -0.05) is 30.3 Å². The predicted molar refractivity (Wildman–Crippen MR) is 122 cm³/mol. The number of carbonyl (C=O) groups excluding carboxylic acids is 1. The van der Waals surface area contributed by atoms with Crippen molar-refractivity contribution in [1.29, 1.82) is 0 Å². The standard InChI is InChI=1S/C22H23N3O5S2/c1-25(21(22(26)24-27)16-31-15-17-5-3-2-4-6-17)32(28,29)20-9-7-18(8-10-20)30-19-11-13-23-14-12-19/h2-14,21,27H,15-16H2,1H3,(H,24,26)/t21-/m1/s1. The van der Waals surface area contributed by atoms with E-state index in [2.05, 4.69) is 4.98 Å². The van der Waals surface area contributed by atoms with Gasteiger partial charge >= 0.3 is 0 Å². The Morgan fingerprint density at radius 1 is 1.06 bits per heavy atom. The Balaban J connectivity index is 1.71. The molecular formula is C22H23N3O5S2. The highest BCUT2D eigenvalue weighted by Gasteiger charge is 2.32. The first kappa shape index (κ1) is 23.7. The van der Waals surface area contributed by atoms with Crippen LogP contribution < -0.4 is 10.2 Å². The highest BCUT2D eigenvalue weighted by Crippen LogP contribution is 2.25. The van der Waals surface area contributed by atoms with Gasteiger partial charge < -0.3 is 4.74 Å². The average molecular weight is 474 g/mol. The van der Waals surface area contributed by atoms with E-state index in [-0.39, 0.29) is 10.6 Å². The number of sulfonamides is 1. The van der Waals surface area contributed by atoms with Crippen LogP contribution in [0, 0.1) is 0 Å². The van der Waals surface area contributed by atoms with Crippen LogP contribution in [-0.2, 0) is 20.6 Å². The molecule has 10 heteroatoms. The second-order valence-electron chi connectivity index (χ2n) is 6.77. The number of likely N-dealkylation sites (N-methyl/N-ethyl adjacent to an activating group) is 1. The number of nitrogens with zero attached hydrogens (tertiary/aromatic N) is 2. The molecule has 3 aromatic rings. The fourth-order valence-electron chi connectivity index (χ4n) is 2.84. The van der Waals surface area contributed by atoms with Crippen LogP contribution in [0.2, 0.25) is 0 Å². The smallest absolute Gasteiger partial charge is 0.262 e. The zero-order valence-electron chi connectivity index (χ0n) is 17.3. The van der Waals surface area contributed by atoms with Crippen LogP contribution in [0.1, 0.15) is 5.56 Å². The van der Waals surface area contributed by atoms with Gasteiger partial charge in [-0.3, -0.25) is 15.0 Å². The number of carbonyl (C=O) groups is 1. The number of hydrogen-bond donors (Lipinski definition) is 2. The lowest BCUT2D eigenvalue weighted by Crippen LogP contribution is -2.48. The maximum Gasteiger partial charge on any atom is 0.262 e. The maximum atomic E-state index is 13.1. The highest BCUT2D eigenvalue weighted by molar-refractivity contribution is 7.98. The van der Waals surface area contributed by atoms with E-state index in [0.717, 1.165) is 9.87 Å². The number of hydroxylamine groups is 1. The largest absolute Gasteiger partial charge is 0.457 e. The first-order chi connectivity index (χ1) is 15.4. The van der Waals surface area contributed by atoms with Crippen LogP contribution in [-0.4, -0.2) is 47.7 Å². The second kappa shape index (κ2) is 11.1. The molecule has 0 unspecified atom stereocenters. The van der Waals surface area contributed by atoms with E-state index in [0.29, 0.717) is 17.3 Å². The molecule has 2 aromatic carbocycles. The molecule has 0 aliphatic rings. The molecule has 2 N–H and O–H groups in total. The van der Waals surface area contributed by atoms with Gasteiger partial charge in [-0.05, 0) is 42.0 Å². The quantitative estimate of drug-likeness (QED) is 0.343. The van der Waals surface area contributed by atoms with Crippen molar-refractivity contribution in [1.82, 2.24) is 14.8 Å². The predicted octanol–water partition coefficient (Wildman–Crippen LogP) is 3.30. The van der Waals surface area contributed by atoms with Crippen LogP contribution in [0.3, 0.4) is 0 Å². The summed E-state index contributed by atoms with van der Waals surface area (Å²) >= 11 is 1.40. The minimum Gasteiger partial charge on any atom is -0.457 e. The Kier molecular flexibility index (Phi) is 8.23. The molecule has 0 aliphatic heterocycles. The molecule has 0 saturated heterocycles. The number of ether oxygens (including phenoxy) is 1. The summed E-state index contributed by atoms with van der Waals surface area (Å²) in [4.78, 5) is 16.1. The topological polar surface area (TPSA) is 109 Å². The summed E-state index contributed by atoms with van der Waals surface area (Å²) in [6.07, 6.45) is 3.18. The van der Waals surface area contributed by atoms with Crippen molar-refractivity contribution in [2.45, 2.75) is 16.7 Å². The van der Waals surface area contributed by atoms with Gasteiger partial charge in [-0.2, -0.15) is 16.1 Å². The number of rotatable bonds is 10. The molecule has 0 aliphatic carbocycles. The third-order valence-corrected chi connectivity index (χ3v) is 7.59. The molecular weight excluding hydrogens is 450 g/mol. The minimum absolute atomic E-state index is 0.00544. The molecule has 0 saturated carbocycles. The van der Waals surface area contributed by atoms with E-state index in [1.165, 1.54) is 43.1 Å². The Hall–Kier alpha value is -2.92. The molecule has 1 heterocycles. The van der Waals surface area contributed by atoms with Crippen LogP contribution in [0.5, 0.6) is 11.5 Å². The molecule has 0 radical (unpaired) electrons. The van der Waals surface area contributed by atoms with Gasteiger partial charge in [0.05, 0.1) is 4.90 Å². The third-order valence-electron chi connectivity index (χ3n) is 4.63. The number of hydrogen-bond acceptors (Lipinski definition) is 7. The summed E-state index contributed by atoms with van der Waals surface area (Å²) in [5.41, 5.74) is 2.62. The highest BCUT2D eigenvalue weighted by atomic mass is 32.2. The SMILES string of the molecule is CN([C@H](CSCc1ccccc1)C(=O)NO)S(=O)(=O)c1ccc(Oc2ccncc2)cc1. The van der Waals surface area contributed by atoms with Crippen molar-refractivity contribution in [2.75, 3.05) is 12.8 Å². The van der Waals surface area contributed by atoms with Gasteiger partial charge in [-0.15, -0.1) is 0 Å². The molecule has 0 bridgehead atoms. The van der Waals surface area contributed by atoms with Gasteiger partial charge in [0.2, 0.25) is 10.0 Å². The van der Waals surface area contributed by atoms with Crippen molar-refractivity contribution in [2.24, 2.45) is 0 Å². The van der Waals surface area contributed by atoms with E-state index in [1.807, 2.05) is 30.3 Å². The zero-order valence-corrected chi connectivity index (χ0v) is 18.9. The lowest BCUT2D eigenvalue weighted by Gasteiger charge is -2.25. The second-order valence-corrected chi connectivity index (χ2v) is 9.80. The number of aromatic nitrogens is 1. The summed E-state index contributed by atoms with van der Waals surface area (Å²) in [6.45, 7) is 0. The summed E-state index contributed by atoms with van der Waals surface area (Å²) in [6, 6.07) is 17.8. The molecule has 3 rings (SSSR count). The monoisotopic (exact) mass is 473 g/mol. The maximum absolute atomic E-state index is 13.1. The fraction of sp³-hybridized carbons (Fsp3) is 0.182. The summed E-state index contributed by atoms with van der Waals surface area (Å²) < 4.78 is 32.8. The Morgan fingerprint density at radius 2 is 1.69 bits per heavy atom. The van der Waals surface area contributed by atoms with Gasteiger partial charge in [0.1, 0.15) is 17.5 Å². The Morgan fingerprint density at radius 3 is 2.31 bits per heavy atom. The first-order valence-electron chi connectivity index (χ1n) is 9.63. The average Bonchev–Trinajstić information content (AvgIpc) is 2.82. The van der Waals surface area contributed by atoms with Gasteiger partial charge in [0.15, 0.2) is 0 Å². The molecule has 168 valence electrons. The summed E-state index contributed by atoms with van der Waals surface area (Å²) in [7, 11) is -2.68. The number of thioether (sulfide) groups is 1. The fourth-order valence-corrected chi connectivity index (χ4v) is 5.40. The van der Waals surface area contributed by atoms with E-state index < -0.39 is 22.0 Å². The number of nitrogens with one attached hydrogen (secondary N) is 1. The van der Waals surface area contributed by atoms with Gasteiger partial charge in [0.25, 0.3) is 5.91 Å². The van der Waals surface area contributed by atoms with E-state index in [9.17, 15) is 13.2 Å². The molecule has 1 aromatic heterocycles. The normalized spacial score (nSPS) is 12.3. The van der Waals surface area contributed by atoms with Crippen LogP contribution in [0.15, 0.2) is 84.0 Å². The third kappa shape index (κ3) is 6.07. The molecule has 32 heavy (non-hydrogen) atoms. The van der Waals surface area contributed by atoms with E-state index in [1.54, 1.807) is 30.0 Å². The van der Waals surface area contributed by atoms with Crippen molar-refractivity contribution in [3.05, 3.63) is 84.7 Å². The molecule has 1 amide bonds. The summed E-state index contributed by atoms with van der Waals surface area (Å²) in [5, 5.41) is 9.13. The molecule has 0 spiro atoms. The van der Waals surface area contributed by atoms with Gasteiger partial charge in [-0.25, -0.2) is 13.9 Å². The first-order valence-corrected chi connectivity index (χ1v) is 12.2. The van der Waals surface area contributed by atoms with E-state index >= 15 is 0 Å². The summed E-state index contributed by atoms with van der Waals surface area (Å²) in [5.74, 6) is 1.00. The van der Waals surface area contributed by atoms with Crippen LogP contribution >= 0.6 is 11.8 Å². The van der Waals surface area contributed by atoms with Gasteiger partial charge in [0, 0.05) is 30.9 Å². The zero-order chi connectivity index (χ0) is 23.0. The van der Waals surface area contributed by atoms with E-state index in [4.69, 9.17) is 9.94 Å². The Bertz CT molecular complexity index is 1110. The van der Waals surface area contributed by atoms with Crippen LogP contribution in [0.4, 0.5) is 0 Å². The lowest BCUT2D eigenvalue weighted by molar-refractivity contribution is -0.132. The minimum atomic E-state index is -4.00. The molecule has 1 atom stereocenters. The van der Waals surface area contributed by atoms with Crippen LogP contribution in [0.25, 0.3) is 0 Å². The lowest BCUT2D eigenvalue weighted by atomic mass is 10.2.